The Morgan fingerprint density at radius 1 is 1.09 bits per heavy atom. The molecular formula is C24H26N8O. The molecule has 4 aromatic rings. The third-order valence-corrected chi connectivity index (χ3v) is 6.42. The molecule has 0 unspecified atom stereocenters. The Hall–Kier alpha value is -3.72. The predicted molar refractivity (Wildman–Crippen MR) is 127 cm³/mol. The number of hydrogen-bond donors (Lipinski definition) is 2. The van der Waals surface area contributed by atoms with Crippen LogP contribution in [-0.4, -0.2) is 56.5 Å². The van der Waals surface area contributed by atoms with Gasteiger partial charge in [-0.2, -0.15) is 10.2 Å². The minimum Gasteiger partial charge on any atom is -0.354 e. The Bertz CT molecular complexity index is 1310. The molecule has 9 nitrogen and oxygen atoms in total. The number of rotatable bonds is 5. The van der Waals surface area contributed by atoms with Gasteiger partial charge in [-0.25, -0.2) is 9.50 Å². The van der Waals surface area contributed by atoms with Crippen molar-refractivity contribution in [2.24, 2.45) is 7.05 Å². The van der Waals surface area contributed by atoms with Crippen LogP contribution in [0.3, 0.4) is 0 Å². The number of pyridine rings is 2. The first-order valence-electron chi connectivity index (χ1n) is 11.4. The van der Waals surface area contributed by atoms with Gasteiger partial charge in [0.05, 0.1) is 23.0 Å². The minimum absolute atomic E-state index is 0.190. The van der Waals surface area contributed by atoms with Crippen molar-refractivity contribution in [2.75, 3.05) is 36.4 Å². The molecule has 1 aliphatic heterocycles. The molecule has 1 saturated carbocycles. The number of piperazine rings is 1. The number of nitrogens with zero attached hydrogens (tertiary/aromatic N) is 6. The van der Waals surface area contributed by atoms with Gasteiger partial charge in [-0.05, 0) is 31.0 Å². The van der Waals surface area contributed by atoms with E-state index in [0.717, 1.165) is 54.3 Å². The largest absolute Gasteiger partial charge is 0.354 e. The zero-order valence-electron chi connectivity index (χ0n) is 18.5. The second-order valence-corrected chi connectivity index (χ2v) is 8.75. The lowest BCUT2D eigenvalue weighted by Crippen LogP contribution is -2.43. The van der Waals surface area contributed by atoms with Crippen molar-refractivity contribution in [2.45, 2.75) is 18.8 Å². The van der Waals surface area contributed by atoms with Crippen molar-refractivity contribution < 1.29 is 4.79 Å². The number of nitrogens with one attached hydrogen (secondary N) is 2. The fourth-order valence-corrected chi connectivity index (χ4v) is 4.34. The Balaban J connectivity index is 1.21. The van der Waals surface area contributed by atoms with Crippen LogP contribution in [0.25, 0.3) is 16.6 Å². The maximum atomic E-state index is 13.0. The molecule has 9 heteroatoms. The number of hydrogen-bond acceptors (Lipinski definition) is 6. The molecule has 0 bridgehead atoms. The molecule has 4 aromatic heterocycles. The Kier molecular flexibility index (Phi) is 4.83. The Morgan fingerprint density at radius 2 is 1.91 bits per heavy atom. The highest BCUT2D eigenvalue weighted by Crippen LogP contribution is 2.40. The molecule has 2 aliphatic rings. The van der Waals surface area contributed by atoms with E-state index in [0.29, 0.717) is 17.3 Å². The first-order chi connectivity index (χ1) is 16.2. The lowest BCUT2D eigenvalue weighted by molar-refractivity contribution is 0.102. The average Bonchev–Trinajstić information content (AvgIpc) is 3.52. The Labute approximate surface area is 191 Å². The summed E-state index contributed by atoms with van der Waals surface area (Å²) in [5, 5.41) is 15.3. The summed E-state index contributed by atoms with van der Waals surface area (Å²) in [5.74, 6) is 2.05. The SMILES string of the molecule is Cn1nc(C2CC2)cc1NC(=O)c1cnn2cc(-c3ccc(N4CCNCC4)nc3)ccc12. The molecule has 0 atom stereocenters. The summed E-state index contributed by atoms with van der Waals surface area (Å²) in [7, 11) is 1.85. The summed E-state index contributed by atoms with van der Waals surface area (Å²) in [6, 6.07) is 10.1. The standard InChI is InChI=1S/C24H26N8O/c1-30-23(12-20(29-30)16-2-3-16)28-24(33)19-14-27-32-15-18(4-6-21(19)32)17-5-7-22(26-13-17)31-10-8-25-9-11-31/h4-7,12-16,25H,2-3,8-11H2,1H3,(H,28,33). The van der Waals surface area contributed by atoms with Gasteiger partial charge in [0, 0.05) is 68.7 Å². The quantitative estimate of drug-likeness (QED) is 0.494. The van der Waals surface area contributed by atoms with Gasteiger partial charge < -0.3 is 15.5 Å². The summed E-state index contributed by atoms with van der Waals surface area (Å²) in [4.78, 5) is 19.9. The topological polar surface area (TPSA) is 92.4 Å². The van der Waals surface area contributed by atoms with E-state index in [4.69, 9.17) is 0 Å². The molecule has 2 fully saturated rings. The van der Waals surface area contributed by atoms with Gasteiger partial charge in [0.25, 0.3) is 5.91 Å². The van der Waals surface area contributed by atoms with Crippen LogP contribution in [0.5, 0.6) is 0 Å². The van der Waals surface area contributed by atoms with Crippen LogP contribution < -0.4 is 15.5 Å². The van der Waals surface area contributed by atoms with Gasteiger partial charge >= 0.3 is 0 Å². The van der Waals surface area contributed by atoms with Crippen LogP contribution in [0.4, 0.5) is 11.6 Å². The number of aryl methyl sites for hydroxylation is 1. The van der Waals surface area contributed by atoms with E-state index in [1.807, 2.05) is 37.6 Å². The van der Waals surface area contributed by atoms with Crippen LogP contribution in [0.15, 0.2) is 48.9 Å². The maximum Gasteiger partial charge on any atom is 0.260 e. The number of carbonyl (C=O) groups is 1. The van der Waals surface area contributed by atoms with Crippen molar-refractivity contribution in [1.82, 2.24) is 29.7 Å². The molecule has 0 radical (unpaired) electrons. The molecule has 5 heterocycles. The second kappa shape index (κ2) is 8.00. The highest BCUT2D eigenvalue weighted by atomic mass is 16.1. The molecule has 1 amide bonds. The van der Waals surface area contributed by atoms with E-state index in [9.17, 15) is 4.79 Å². The molecule has 2 N–H and O–H groups in total. The van der Waals surface area contributed by atoms with Gasteiger partial charge in [0.2, 0.25) is 0 Å². The van der Waals surface area contributed by atoms with Gasteiger partial charge in [0.1, 0.15) is 11.6 Å². The smallest absolute Gasteiger partial charge is 0.260 e. The van der Waals surface area contributed by atoms with Gasteiger partial charge in [0.15, 0.2) is 0 Å². The summed E-state index contributed by atoms with van der Waals surface area (Å²) in [6.45, 7) is 3.91. The van der Waals surface area contributed by atoms with Crippen LogP contribution in [0, 0.1) is 0 Å². The zero-order chi connectivity index (χ0) is 22.4. The van der Waals surface area contributed by atoms with E-state index < -0.39 is 0 Å². The maximum absolute atomic E-state index is 13.0. The molecule has 168 valence electrons. The fraction of sp³-hybridized carbons (Fsp3) is 0.333. The van der Waals surface area contributed by atoms with E-state index in [1.165, 1.54) is 12.8 Å². The Morgan fingerprint density at radius 3 is 2.67 bits per heavy atom. The van der Waals surface area contributed by atoms with E-state index in [2.05, 4.69) is 42.8 Å². The minimum atomic E-state index is -0.190. The van der Waals surface area contributed by atoms with Gasteiger partial charge in [-0.1, -0.05) is 6.07 Å². The first kappa shape index (κ1) is 19.9. The molecule has 6 rings (SSSR count). The zero-order valence-corrected chi connectivity index (χ0v) is 18.5. The number of fused-ring (bicyclic) bond motifs is 1. The fourth-order valence-electron chi connectivity index (χ4n) is 4.34. The molecule has 33 heavy (non-hydrogen) atoms. The number of amides is 1. The summed E-state index contributed by atoms with van der Waals surface area (Å²) in [6.07, 6.45) is 7.79. The highest BCUT2D eigenvalue weighted by Gasteiger charge is 2.27. The number of anilines is 2. The lowest BCUT2D eigenvalue weighted by Gasteiger charge is -2.28. The van der Waals surface area contributed by atoms with Gasteiger partial charge in [-0.3, -0.25) is 9.48 Å². The van der Waals surface area contributed by atoms with Crippen molar-refractivity contribution >= 4 is 23.1 Å². The third kappa shape index (κ3) is 3.84. The van der Waals surface area contributed by atoms with Crippen LogP contribution >= 0.6 is 0 Å². The second-order valence-electron chi connectivity index (χ2n) is 8.75. The van der Waals surface area contributed by atoms with Crippen molar-refractivity contribution in [1.29, 1.82) is 0 Å². The monoisotopic (exact) mass is 442 g/mol. The number of carbonyl (C=O) groups excluding carboxylic acids is 1. The van der Waals surface area contributed by atoms with Crippen LogP contribution in [0.2, 0.25) is 0 Å². The highest BCUT2D eigenvalue weighted by molar-refractivity contribution is 6.08. The van der Waals surface area contributed by atoms with E-state index >= 15 is 0 Å². The summed E-state index contributed by atoms with van der Waals surface area (Å²) >= 11 is 0. The normalized spacial score (nSPS) is 16.3. The van der Waals surface area contributed by atoms with Crippen LogP contribution in [0.1, 0.15) is 34.8 Å². The van der Waals surface area contributed by atoms with Crippen LogP contribution in [-0.2, 0) is 7.05 Å². The third-order valence-electron chi connectivity index (χ3n) is 6.42. The lowest BCUT2D eigenvalue weighted by atomic mass is 10.1. The first-order valence-corrected chi connectivity index (χ1v) is 11.4. The van der Waals surface area contributed by atoms with E-state index in [1.54, 1.807) is 15.4 Å². The molecular weight excluding hydrogens is 416 g/mol. The average molecular weight is 443 g/mol. The molecule has 0 spiro atoms. The number of aromatic nitrogens is 5. The summed E-state index contributed by atoms with van der Waals surface area (Å²) in [5.41, 5.74) is 4.35. The van der Waals surface area contributed by atoms with Crippen molar-refractivity contribution in [3.05, 3.63) is 60.2 Å². The molecule has 1 aliphatic carbocycles. The van der Waals surface area contributed by atoms with Crippen molar-refractivity contribution in [3.63, 3.8) is 0 Å². The van der Waals surface area contributed by atoms with Gasteiger partial charge in [-0.15, -0.1) is 0 Å². The van der Waals surface area contributed by atoms with Crippen molar-refractivity contribution in [3.8, 4) is 11.1 Å². The predicted octanol–water partition coefficient (Wildman–Crippen LogP) is 2.67. The molecule has 1 saturated heterocycles. The van der Waals surface area contributed by atoms with E-state index in [-0.39, 0.29) is 5.91 Å². The summed E-state index contributed by atoms with van der Waals surface area (Å²) < 4.78 is 3.47. The molecule has 0 aromatic carbocycles.